The minimum absolute atomic E-state index is 0.796. The number of nitrogens with zero attached hydrogens (tertiary/aromatic N) is 3. The molecule has 0 saturated carbocycles. The predicted molar refractivity (Wildman–Crippen MR) is 77.8 cm³/mol. The van der Waals surface area contributed by atoms with Gasteiger partial charge in [-0.05, 0) is 23.7 Å². The van der Waals surface area contributed by atoms with Crippen molar-refractivity contribution in [2.45, 2.75) is 0 Å². The topological polar surface area (TPSA) is 42.7 Å². The van der Waals surface area contributed by atoms with E-state index in [9.17, 15) is 0 Å². The molecule has 94 valence electrons. The van der Waals surface area contributed by atoms with Gasteiger partial charge in [-0.3, -0.25) is 0 Å². The van der Waals surface area contributed by atoms with Gasteiger partial charge < -0.3 is 9.88 Å². The number of aromatic nitrogens is 3. The summed E-state index contributed by atoms with van der Waals surface area (Å²) < 4.78 is 2.01. The first-order valence-electron chi connectivity index (χ1n) is 6.02. The highest BCUT2D eigenvalue weighted by atomic mass is 15.0. The molecule has 0 atom stereocenters. The number of pyridine rings is 1. The molecule has 0 fully saturated rings. The van der Waals surface area contributed by atoms with Gasteiger partial charge in [0.25, 0.3) is 0 Å². The molecule has 1 N–H and O–H groups in total. The van der Waals surface area contributed by atoms with Crippen LogP contribution in [-0.4, -0.2) is 14.5 Å². The van der Waals surface area contributed by atoms with Crippen molar-refractivity contribution >= 4 is 16.6 Å². The summed E-state index contributed by atoms with van der Waals surface area (Å²) in [5.74, 6) is 0.796. The molecule has 3 rings (SSSR count). The third-order valence-corrected chi connectivity index (χ3v) is 3.08. The molecule has 0 bridgehead atoms. The number of rotatable bonds is 3. The largest absolute Gasteiger partial charge is 0.347 e. The lowest BCUT2D eigenvalue weighted by Gasteiger charge is -2.06. The molecule has 0 aliphatic heterocycles. The zero-order chi connectivity index (χ0) is 13.2. The Balaban J connectivity index is 2.13. The fraction of sp³-hybridized carbons (Fsp3) is 0.0667. The molecule has 0 unspecified atom stereocenters. The van der Waals surface area contributed by atoms with Gasteiger partial charge in [0.1, 0.15) is 5.82 Å². The van der Waals surface area contributed by atoms with Crippen molar-refractivity contribution < 1.29 is 0 Å². The van der Waals surface area contributed by atoms with Crippen LogP contribution in [0.15, 0.2) is 55.8 Å². The summed E-state index contributed by atoms with van der Waals surface area (Å²) in [7, 11) is 1.99. The number of hydrogen-bond acceptors (Lipinski definition) is 3. The van der Waals surface area contributed by atoms with E-state index >= 15 is 0 Å². The van der Waals surface area contributed by atoms with Gasteiger partial charge >= 0.3 is 0 Å². The molecule has 2 heterocycles. The predicted octanol–water partition coefficient (Wildman–Crippen LogP) is 3.19. The Morgan fingerprint density at radius 2 is 2.11 bits per heavy atom. The van der Waals surface area contributed by atoms with Gasteiger partial charge in [0, 0.05) is 24.2 Å². The van der Waals surface area contributed by atoms with Crippen molar-refractivity contribution in [3.05, 3.63) is 55.8 Å². The molecular weight excluding hydrogens is 236 g/mol. The molecule has 19 heavy (non-hydrogen) atoms. The molecule has 0 saturated heterocycles. The molecule has 0 aliphatic carbocycles. The van der Waals surface area contributed by atoms with Crippen molar-refractivity contribution in [2.75, 3.05) is 5.32 Å². The zero-order valence-electron chi connectivity index (χ0n) is 10.7. The highest BCUT2D eigenvalue weighted by Crippen LogP contribution is 2.24. The summed E-state index contributed by atoms with van der Waals surface area (Å²) in [6.45, 7) is 3.64. The Labute approximate surface area is 111 Å². The van der Waals surface area contributed by atoms with E-state index in [1.807, 2.05) is 30.1 Å². The lowest BCUT2D eigenvalue weighted by Crippen LogP contribution is -1.91. The van der Waals surface area contributed by atoms with Crippen molar-refractivity contribution in [3.63, 3.8) is 0 Å². The molecule has 0 amide bonds. The molecule has 1 aromatic carbocycles. The van der Waals surface area contributed by atoms with Crippen LogP contribution in [0.3, 0.4) is 0 Å². The van der Waals surface area contributed by atoms with Crippen LogP contribution in [0.1, 0.15) is 0 Å². The van der Waals surface area contributed by atoms with Gasteiger partial charge in [-0.25, -0.2) is 9.97 Å². The van der Waals surface area contributed by atoms with E-state index < -0.39 is 0 Å². The van der Waals surface area contributed by atoms with Crippen LogP contribution in [0.25, 0.3) is 22.0 Å². The second kappa shape index (κ2) is 4.57. The number of imidazole rings is 1. The minimum atomic E-state index is 0.796. The maximum absolute atomic E-state index is 4.31. The minimum Gasteiger partial charge on any atom is -0.347 e. The maximum atomic E-state index is 4.31. The Kier molecular flexibility index (Phi) is 2.76. The fourth-order valence-electron chi connectivity index (χ4n) is 2.12. The standard InChI is InChI=1S/C15H14N4/c1-3-17-15-7-13-6-11(4-5-12(13)8-18-15)14-9-16-10-19(14)2/h3-10H,1H2,2H3,(H,17,18). The van der Waals surface area contributed by atoms with E-state index in [4.69, 9.17) is 0 Å². The lowest BCUT2D eigenvalue weighted by atomic mass is 10.1. The van der Waals surface area contributed by atoms with Crippen molar-refractivity contribution in [1.29, 1.82) is 0 Å². The SMILES string of the molecule is C=CNc1cc2cc(-c3cncn3C)ccc2cn1. The summed E-state index contributed by atoms with van der Waals surface area (Å²) in [6, 6.07) is 8.31. The van der Waals surface area contributed by atoms with Crippen LogP contribution in [0.4, 0.5) is 5.82 Å². The monoisotopic (exact) mass is 250 g/mol. The maximum Gasteiger partial charge on any atom is 0.130 e. The molecule has 0 spiro atoms. The van der Waals surface area contributed by atoms with Gasteiger partial charge in [-0.1, -0.05) is 18.7 Å². The summed E-state index contributed by atoms with van der Waals surface area (Å²) in [5.41, 5.74) is 2.24. The average molecular weight is 250 g/mol. The van der Waals surface area contributed by atoms with Gasteiger partial charge in [0.15, 0.2) is 0 Å². The summed E-state index contributed by atoms with van der Waals surface area (Å²) >= 11 is 0. The highest BCUT2D eigenvalue weighted by molar-refractivity contribution is 5.88. The van der Waals surface area contributed by atoms with E-state index in [2.05, 4.69) is 40.1 Å². The summed E-state index contributed by atoms with van der Waals surface area (Å²) in [5, 5.41) is 5.25. The quantitative estimate of drug-likeness (QED) is 0.776. The third kappa shape index (κ3) is 2.08. The smallest absolute Gasteiger partial charge is 0.130 e. The number of hydrogen-bond donors (Lipinski definition) is 1. The number of aryl methyl sites for hydroxylation is 1. The van der Waals surface area contributed by atoms with Crippen LogP contribution in [0.5, 0.6) is 0 Å². The van der Waals surface area contributed by atoms with Crippen molar-refractivity contribution in [1.82, 2.24) is 14.5 Å². The van der Waals surface area contributed by atoms with Gasteiger partial charge in [0.2, 0.25) is 0 Å². The summed E-state index contributed by atoms with van der Waals surface area (Å²) in [6.07, 6.45) is 7.15. The molecule has 3 aromatic rings. The second-order valence-corrected chi connectivity index (χ2v) is 4.37. The van der Waals surface area contributed by atoms with Crippen LogP contribution < -0.4 is 5.32 Å². The molecular formula is C15H14N4. The van der Waals surface area contributed by atoms with Crippen LogP contribution in [-0.2, 0) is 7.05 Å². The van der Waals surface area contributed by atoms with Crippen molar-refractivity contribution in [2.24, 2.45) is 7.05 Å². The van der Waals surface area contributed by atoms with E-state index in [1.54, 1.807) is 12.5 Å². The Morgan fingerprint density at radius 1 is 1.21 bits per heavy atom. The normalized spacial score (nSPS) is 10.6. The van der Waals surface area contributed by atoms with Crippen LogP contribution in [0.2, 0.25) is 0 Å². The average Bonchev–Trinajstić information content (AvgIpc) is 2.84. The number of nitrogens with one attached hydrogen (secondary N) is 1. The first kappa shape index (κ1) is 11.5. The molecule has 0 aliphatic rings. The summed E-state index contributed by atoms with van der Waals surface area (Å²) in [4.78, 5) is 8.46. The van der Waals surface area contributed by atoms with E-state index in [0.29, 0.717) is 0 Å². The Hall–Kier alpha value is -2.62. The molecule has 4 heteroatoms. The molecule has 2 aromatic heterocycles. The first-order valence-corrected chi connectivity index (χ1v) is 6.02. The van der Waals surface area contributed by atoms with Crippen LogP contribution >= 0.6 is 0 Å². The Morgan fingerprint density at radius 3 is 2.84 bits per heavy atom. The number of fused-ring (bicyclic) bond motifs is 1. The highest BCUT2D eigenvalue weighted by Gasteiger charge is 2.04. The number of anilines is 1. The fourth-order valence-corrected chi connectivity index (χ4v) is 2.12. The second-order valence-electron chi connectivity index (χ2n) is 4.37. The molecule has 0 radical (unpaired) electrons. The van der Waals surface area contributed by atoms with E-state index in [1.165, 1.54) is 0 Å². The van der Waals surface area contributed by atoms with Crippen LogP contribution in [0, 0.1) is 0 Å². The third-order valence-electron chi connectivity index (χ3n) is 3.08. The van der Waals surface area contributed by atoms with Gasteiger partial charge in [-0.2, -0.15) is 0 Å². The Bertz CT molecular complexity index is 743. The molecule has 4 nitrogen and oxygen atoms in total. The van der Waals surface area contributed by atoms with E-state index in [-0.39, 0.29) is 0 Å². The van der Waals surface area contributed by atoms with Gasteiger partial charge in [0.05, 0.1) is 18.2 Å². The lowest BCUT2D eigenvalue weighted by molar-refractivity contribution is 0.921. The zero-order valence-corrected chi connectivity index (χ0v) is 10.7. The number of benzene rings is 1. The van der Waals surface area contributed by atoms with Gasteiger partial charge in [-0.15, -0.1) is 0 Å². The van der Waals surface area contributed by atoms with E-state index in [0.717, 1.165) is 27.8 Å². The first-order chi connectivity index (χ1) is 9.28. The van der Waals surface area contributed by atoms with Crippen molar-refractivity contribution in [3.8, 4) is 11.3 Å².